The predicted molar refractivity (Wildman–Crippen MR) is 83.1 cm³/mol. The van der Waals surface area contributed by atoms with E-state index in [0.717, 1.165) is 0 Å². The minimum Gasteiger partial charge on any atom is -0.465 e. The summed E-state index contributed by atoms with van der Waals surface area (Å²) in [6.45, 7) is -0.521. The summed E-state index contributed by atoms with van der Waals surface area (Å²) in [6, 6.07) is 9.27. The van der Waals surface area contributed by atoms with Crippen LogP contribution in [-0.2, 0) is 14.3 Å². The van der Waals surface area contributed by atoms with Crippen molar-refractivity contribution in [1.29, 1.82) is 0 Å². The number of esters is 2. The summed E-state index contributed by atoms with van der Waals surface area (Å²) in [5.41, 5.74) is 0.464. The average Bonchev–Trinajstić information content (AvgIpc) is 2.99. The molecule has 2 aromatic rings. The molecule has 0 saturated heterocycles. The third-order valence-electron chi connectivity index (χ3n) is 2.72. The van der Waals surface area contributed by atoms with Crippen LogP contribution >= 0.6 is 15.9 Å². The minimum atomic E-state index is -0.771. The SMILES string of the molecule is COC(=O)c1ccccc1NC(=O)COC(=O)c1ccc(Br)o1. The van der Waals surface area contributed by atoms with E-state index in [9.17, 15) is 14.4 Å². The molecule has 0 aliphatic rings. The van der Waals surface area contributed by atoms with Crippen molar-refractivity contribution >= 4 is 39.5 Å². The van der Waals surface area contributed by atoms with Gasteiger partial charge in [0.2, 0.25) is 5.76 Å². The Hall–Kier alpha value is -2.61. The first-order valence-electron chi connectivity index (χ1n) is 6.41. The van der Waals surface area contributed by atoms with Gasteiger partial charge in [0.1, 0.15) is 0 Å². The number of amides is 1. The lowest BCUT2D eigenvalue weighted by atomic mass is 10.2. The maximum absolute atomic E-state index is 11.8. The first-order chi connectivity index (χ1) is 11.0. The van der Waals surface area contributed by atoms with Crippen LogP contribution in [0.15, 0.2) is 45.5 Å². The van der Waals surface area contributed by atoms with Gasteiger partial charge < -0.3 is 19.2 Å². The number of para-hydroxylation sites is 1. The highest BCUT2D eigenvalue weighted by atomic mass is 79.9. The second kappa shape index (κ2) is 7.59. The van der Waals surface area contributed by atoms with E-state index >= 15 is 0 Å². The first-order valence-corrected chi connectivity index (χ1v) is 7.20. The zero-order valence-electron chi connectivity index (χ0n) is 12.0. The van der Waals surface area contributed by atoms with Gasteiger partial charge in [-0.2, -0.15) is 0 Å². The van der Waals surface area contributed by atoms with Crippen molar-refractivity contribution in [3.63, 3.8) is 0 Å². The van der Waals surface area contributed by atoms with Gasteiger partial charge in [0, 0.05) is 0 Å². The number of carbonyl (C=O) groups is 3. The molecule has 1 N–H and O–H groups in total. The smallest absolute Gasteiger partial charge is 0.374 e. The molecule has 0 atom stereocenters. The lowest BCUT2D eigenvalue weighted by Gasteiger charge is -2.09. The molecule has 1 aromatic carbocycles. The zero-order valence-corrected chi connectivity index (χ0v) is 13.6. The Morgan fingerprint density at radius 3 is 2.52 bits per heavy atom. The maximum Gasteiger partial charge on any atom is 0.374 e. The van der Waals surface area contributed by atoms with Crippen LogP contribution in [0.2, 0.25) is 0 Å². The van der Waals surface area contributed by atoms with Gasteiger partial charge in [-0.1, -0.05) is 12.1 Å². The third kappa shape index (κ3) is 4.43. The van der Waals surface area contributed by atoms with Crippen LogP contribution in [0.25, 0.3) is 0 Å². The molecule has 0 bridgehead atoms. The number of hydrogen-bond acceptors (Lipinski definition) is 6. The molecule has 0 aliphatic heterocycles. The van der Waals surface area contributed by atoms with E-state index in [1.165, 1.54) is 31.4 Å². The standard InChI is InChI=1S/C15H12BrNO6/c1-21-14(19)9-4-2-3-5-10(9)17-13(18)8-22-15(20)11-6-7-12(16)23-11/h2-7H,8H2,1H3,(H,17,18). The fourth-order valence-electron chi connectivity index (χ4n) is 1.69. The zero-order chi connectivity index (χ0) is 16.8. The van der Waals surface area contributed by atoms with Gasteiger partial charge in [-0.05, 0) is 40.2 Å². The Morgan fingerprint density at radius 2 is 1.87 bits per heavy atom. The van der Waals surface area contributed by atoms with Crippen molar-refractivity contribution in [3.05, 3.63) is 52.4 Å². The van der Waals surface area contributed by atoms with Gasteiger partial charge in [-0.25, -0.2) is 9.59 Å². The maximum atomic E-state index is 11.8. The summed E-state index contributed by atoms with van der Waals surface area (Å²) in [5.74, 6) is -1.98. The fraction of sp³-hybridized carbons (Fsp3) is 0.133. The van der Waals surface area contributed by atoms with Gasteiger partial charge in [0.25, 0.3) is 5.91 Å². The predicted octanol–water partition coefficient (Wildman–Crippen LogP) is 2.62. The van der Waals surface area contributed by atoms with Crippen molar-refractivity contribution in [2.75, 3.05) is 19.0 Å². The number of anilines is 1. The quantitative estimate of drug-likeness (QED) is 0.799. The molecule has 1 amide bonds. The van der Waals surface area contributed by atoms with E-state index in [0.29, 0.717) is 4.67 Å². The fourth-order valence-corrected chi connectivity index (χ4v) is 2.00. The number of rotatable bonds is 5. The Morgan fingerprint density at radius 1 is 1.13 bits per heavy atom. The number of benzene rings is 1. The molecule has 0 fully saturated rings. The van der Waals surface area contributed by atoms with Gasteiger partial charge in [0.05, 0.1) is 18.4 Å². The molecule has 1 aromatic heterocycles. The lowest BCUT2D eigenvalue weighted by molar-refractivity contribution is -0.119. The molecular weight excluding hydrogens is 370 g/mol. The Kier molecular flexibility index (Phi) is 5.53. The molecule has 2 rings (SSSR count). The number of methoxy groups -OCH3 is 1. The highest BCUT2D eigenvalue weighted by Crippen LogP contribution is 2.17. The molecule has 23 heavy (non-hydrogen) atoms. The summed E-state index contributed by atoms with van der Waals surface area (Å²) in [7, 11) is 1.24. The van der Waals surface area contributed by atoms with E-state index in [1.807, 2.05) is 0 Å². The van der Waals surface area contributed by atoms with E-state index in [4.69, 9.17) is 9.15 Å². The van der Waals surface area contributed by atoms with Crippen molar-refractivity contribution in [2.45, 2.75) is 0 Å². The van der Waals surface area contributed by atoms with Crippen molar-refractivity contribution in [3.8, 4) is 0 Å². The molecule has 120 valence electrons. The molecule has 7 nitrogen and oxygen atoms in total. The molecule has 8 heteroatoms. The summed E-state index contributed by atoms with van der Waals surface area (Å²) >= 11 is 3.06. The molecule has 0 aliphatic carbocycles. The van der Waals surface area contributed by atoms with Gasteiger partial charge in [-0.15, -0.1) is 0 Å². The van der Waals surface area contributed by atoms with Crippen LogP contribution in [-0.4, -0.2) is 31.6 Å². The van der Waals surface area contributed by atoms with E-state index in [-0.39, 0.29) is 17.0 Å². The highest BCUT2D eigenvalue weighted by Gasteiger charge is 2.16. The summed E-state index contributed by atoms with van der Waals surface area (Å²) in [6.07, 6.45) is 0. The Bertz CT molecular complexity index is 739. The summed E-state index contributed by atoms with van der Waals surface area (Å²) < 4.78 is 14.8. The van der Waals surface area contributed by atoms with Crippen molar-refractivity contribution < 1.29 is 28.3 Å². The summed E-state index contributed by atoms with van der Waals surface area (Å²) in [4.78, 5) is 35.1. The Labute approximate surface area is 139 Å². The van der Waals surface area contributed by atoms with Crippen LogP contribution in [0, 0.1) is 0 Å². The molecule has 0 radical (unpaired) electrons. The molecule has 0 unspecified atom stereocenters. The van der Waals surface area contributed by atoms with Gasteiger partial charge >= 0.3 is 11.9 Å². The van der Waals surface area contributed by atoms with E-state index < -0.39 is 24.5 Å². The van der Waals surface area contributed by atoms with Gasteiger partial charge in [0.15, 0.2) is 11.3 Å². The largest absolute Gasteiger partial charge is 0.465 e. The topological polar surface area (TPSA) is 94.8 Å². The van der Waals surface area contributed by atoms with Crippen molar-refractivity contribution in [1.82, 2.24) is 0 Å². The number of halogens is 1. The van der Waals surface area contributed by atoms with Crippen LogP contribution < -0.4 is 5.32 Å². The third-order valence-corrected chi connectivity index (χ3v) is 3.14. The first kappa shape index (κ1) is 16.8. The van der Waals surface area contributed by atoms with E-state index in [1.54, 1.807) is 12.1 Å². The molecule has 0 saturated carbocycles. The number of carbonyl (C=O) groups excluding carboxylic acids is 3. The number of hydrogen-bond donors (Lipinski definition) is 1. The van der Waals surface area contributed by atoms with Crippen LogP contribution in [0.5, 0.6) is 0 Å². The Balaban J connectivity index is 1.95. The monoisotopic (exact) mass is 381 g/mol. The van der Waals surface area contributed by atoms with Gasteiger partial charge in [-0.3, -0.25) is 4.79 Å². The van der Waals surface area contributed by atoms with E-state index in [2.05, 4.69) is 26.0 Å². The van der Waals surface area contributed by atoms with Crippen molar-refractivity contribution in [2.24, 2.45) is 0 Å². The van der Waals surface area contributed by atoms with Crippen LogP contribution in [0.3, 0.4) is 0 Å². The molecule has 1 heterocycles. The minimum absolute atomic E-state index is 0.0281. The number of ether oxygens (including phenoxy) is 2. The summed E-state index contributed by atoms with van der Waals surface area (Å²) in [5, 5.41) is 2.48. The molecule has 0 spiro atoms. The van der Waals surface area contributed by atoms with Crippen LogP contribution in [0.4, 0.5) is 5.69 Å². The average molecular weight is 382 g/mol. The lowest BCUT2D eigenvalue weighted by Crippen LogP contribution is -2.22. The number of nitrogens with one attached hydrogen (secondary N) is 1. The molecular formula is C15H12BrNO6. The number of furan rings is 1. The second-order valence-electron chi connectivity index (χ2n) is 4.27. The highest BCUT2D eigenvalue weighted by molar-refractivity contribution is 9.10. The van der Waals surface area contributed by atoms with Crippen LogP contribution in [0.1, 0.15) is 20.9 Å². The normalized spacial score (nSPS) is 10.0. The second-order valence-corrected chi connectivity index (χ2v) is 5.05.